The maximum atomic E-state index is 11.5. The number of carbonyl (C=O) groups excluding carboxylic acids is 1. The lowest BCUT2D eigenvalue weighted by Crippen LogP contribution is -2.40. The molecule has 110 valence electrons. The number of hydrogen-bond donors (Lipinski definition) is 1. The molecule has 0 fully saturated rings. The molecule has 2 N–H and O–H groups in total. The molecular weight excluding hydrogens is 290 g/mol. The Morgan fingerprint density at radius 1 is 1.50 bits per heavy atom. The Balaban J connectivity index is 3.15. The van der Waals surface area contributed by atoms with Gasteiger partial charge in [0, 0.05) is 12.1 Å². The first-order chi connectivity index (χ1) is 9.25. The molecule has 1 aromatic carbocycles. The van der Waals surface area contributed by atoms with E-state index in [-0.39, 0.29) is 18.0 Å². The standard InChI is InChI=1S/C10H13N3O6S/c1-2-19-10(14)7-12(20(11,17)18)8-4-3-5-9(6-8)13(15)16/h3-6H,2,7H2,1H3,(H2,11,17,18). The van der Waals surface area contributed by atoms with Gasteiger partial charge in [-0.25, -0.2) is 9.44 Å². The van der Waals surface area contributed by atoms with Crippen molar-refractivity contribution in [3.8, 4) is 0 Å². The second-order valence-corrected chi connectivity index (χ2v) is 5.10. The SMILES string of the molecule is CCOC(=O)CN(c1cccc([N+](=O)[O-])c1)S(N)(=O)=O. The Kier molecular flexibility index (Phi) is 5.00. The van der Waals surface area contributed by atoms with Crippen molar-refractivity contribution in [1.29, 1.82) is 0 Å². The van der Waals surface area contributed by atoms with E-state index in [1.165, 1.54) is 18.2 Å². The van der Waals surface area contributed by atoms with Crippen LogP contribution in [0.1, 0.15) is 6.92 Å². The van der Waals surface area contributed by atoms with E-state index in [2.05, 4.69) is 4.74 Å². The lowest BCUT2D eigenvalue weighted by molar-refractivity contribution is -0.384. The minimum atomic E-state index is -4.26. The number of nitrogens with zero attached hydrogens (tertiary/aromatic N) is 2. The normalized spacial score (nSPS) is 10.9. The van der Waals surface area contributed by atoms with Crippen molar-refractivity contribution in [2.75, 3.05) is 17.5 Å². The molecule has 0 amide bonds. The number of rotatable bonds is 6. The predicted octanol–water partition coefficient (Wildman–Crippen LogP) is 0.168. The number of anilines is 1. The molecule has 0 aliphatic carbocycles. The number of ether oxygens (including phenoxy) is 1. The highest BCUT2D eigenvalue weighted by Gasteiger charge is 2.23. The second kappa shape index (κ2) is 6.30. The maximum Gasteiger partial charge on any atom is 0.326 e. The van der Waals surface area contributed by atoms with Gasteiger partial charge in [0.05, 0.1) is 17.2 Å². The first-order valence-electron chi connectivity index (χ1n) is 5.46. The van der Waals surface area contributed by atoms with Gasteiger partial charge in [-0.2, -0.15) is 8.42 Å². The summed E-state index contributed by atoms with van der Waals surface area (Å²) < 4.78 is 28.1. The smallest absolute Gasteiger partial charge is 0.326 e. The average molecular weight is 303 g/mol. The molecule has 0 saturated carbocycles. The van der Waals surface area contributed by atoms with Crippen molar-refractivity contribution in [2.24, 2.45) is 5.14 Å². The van der Waals surface area contributed by atoms with Gasteiger partial charge in [-0.05, 0) is 13.0 Å². The number of nitro groups is 1. The second-order valence-electron chi connectivity index (χ2n) is 3.63. The summed E-state index contributed by atoms with van der Waals surface area (Å²) >= 11 is 0. The molecule has 10 heteroatoms. The fourth-order valence-corrected chi connectivity index (χ4v) is 2.11. The number of esters is 1. The lowest BCUT2D eigenvalue weighted by atomic mass is 10.3. The van der Waals surface area contributed by atoms with Gasteiger partial charge >= 0.3 is 5.97 Å². The van der Waals surface area contributed by atoms with Gasteiger partial charge in [-0.3, -0.25) is 14.9 Å². The molecule has 0 bridgehead atoms. The van der Waals surface area contributed by atoms with Crippen LogP contribution in [0.4, 0.5) is 11.4 Å². The van der Waals surface area contributed by atoms with E-state index in [0.29, 0.717) is 4.31 Å². The summed E-state index contributed by atoms with van der Waals surface area (Å²) in [4.78, 5) is 21.4. The molecule has 0 heterocycles. The molecule has 1 rings (SSSR count). The van der Waals surface area contributed by atoms with Crippen LogP contribution in [0.15, 0.2) is 24.3 Å². The maximum absolute atomic E-state index is 11.5. The zero-order chi connectivity index (χ0) is 15.3. The Labute approximate surface area is 115 Å². The fraction of sp³-hybridized carbons (Fsp3) is 0.300. The molecule has 0 aromatic heterocycles. The zero-order valence-corrected chi connectivity index (χ0v) is 11.4. The third-order valence-electron chi connectivity index (χ3n) is 2.21. The van der Waals surface area contributed by atoms with Crippen molar-refractivity contribution in [2.45, 2.75) is 6.92 Å². The zero-order valence-electron chi connectivity index (χ0n) is 10.6. The first kappa shape index (κ1) is 15.9. The minimum Gasteiger partial charge on any atom is -0.465 e. The van der Waals surface area contributed by atoms with Crippen molar-refractivity contribution < 1.29 is 22.9 Å². The van der Waals surface area contributed by atoms with Crippen molar-refractivity contribution >= 4 is 27.6 Å². The van der Waals surface area contributed by atoms with Crippen molar-refractivity contribution in [1.82, 2.24) is 0 Å². The van der Waals surface area contributed by atoms with Gasteiger partial charge in [0.2, 0.25) is 0 Å². The topological polar surface area (TPSA) is 133 Å². The number of benzene rings is 1. The van der Waals surface area contributed by atoms with E-state index in [1.54, 1.807) is 6.92 Å². The van der Waals surface area contributed by atoms with Crippen LogP contribution in [-0.4, -0.2) is 32.5 Å². The van der Waals surface area contributed by atoms with Crippen molar-refractivity contribution in [3.05, 3.63) is 34.4 Å². The summed E-state index contributed by atoms with van der Waals surface area (Å²) in [5.41, 5.74) is -0.408. The summed E-state index contributed by atoms with van der Waals surface area (Å²) in [6.45, 7) is 0.979. The highest BCUT2D eigenvalue weighted by atomic mass is 32.2. The lowest BCUT2D eigenvalue weighted by Gasteiger charge is -2.20. The summed E-state index contributed by atoms with van der Waals surface area (Å²) in [7, 11) is -4.26. The average Bonchev–Trinajstić information content (AvgIpc) is 2.35. The van der Waals surface area contributed by atoms with Crippen LogP contribution in [0.2, 0.25) is 0 Å². The third-order valence-corrected chi connectivity index (χ3v) is 3.17. The van der Waals surface area contributed by atoms with Crippen LogP contribution >= 0.6 is 0 Å². The molecule has 9 nitrogen and oxygen atoms in total. The summed E-state index contributed by atoms with van der Waals surface area (Å²) in [6.07, 6.45) is 0. The predicted molar refractivity (Wildman–Crippen MR) is 70.2 cm³/mol. The number of hydrogen-bond acceptors (Lipinski definition) is 6. The van der Waals surface area contributed by atoms with E-state index >= 15 is 0 Å². The minimum absolute atomic E-state index is 0.0756. The number of carbonyl (C=O) groups is 1. The van der Waals surface area contributed by atoms with E-state index in [4.69, 9.17) is 5.14 Å². The van der Waals surface area contributed by atoms with E-state index < -0.39 is 27.6 Å². The summed E-state index contributed by atoms with van der Waals surface area (Å²) in [5.74, 6) is -0.812. The van der Waals surface area contributed by atoms with Crippen LogP contribution in [0.3, 0.4) is 0 Å². The summed E-state index contributed by atoms with van der Waals surface area (Å²) in [6, 6.07) is 4.77. The van der Waals surface area contributed by atoms with Gasteiger partial charge in [0.1, 0.15) is 6.54 Å². The molecular formula is C10H13N3O6S. The molecule has 0 aliphatic rings. The number of nitro benzene ring substituents is 1. The van der Waals surface area contributed by atoms with E-state index in [0.717, 1.165) is 6.07 Å². The van der Waals surface area contributed by atoms with Crippen LogP contribution in [0.5, 0.6) is 0 Å². The van der Waals surface area contributed by atoms with Crippen molar-refractivity contribution in [3.63, 3.8) is 0 Å². The first-order valence-corrected chi connectivity index (χ1v) is 6.96. The van der Waals surface area contributed by atoms with Crippen LogP contribution in [0, 0.1) is 10.1 Å². The Morgan fingerprint density at radius 2 is 2.15 bits per heavy atom. The molecule has 20 heavy (non-hydrogen) atoms. The molecule has 1 aromatic rings. The van der Waals surface area contributed by atoms with E-state index in [9.17, 15) is 23.3 Å². The molecule has 0 atom stereocenters. The van der Waals surface area contributed by atoms with Gasteiger partial charge in [-0.1, -0.05) is 6.07 Å². The van der Waals surface area contributed by atoms with Crippen LogP contribution in [0.25, 0.3) is 0 Å². The Morgan fingerprint density at radius 3 is 2.65 bits per heavy atom. The third kappa shape index (κ3) is 4.17. The molecule has 0 radical (unpaired) electrons. The molecule has 0 spiro atoms. The van der Waals surface area contributed by atoms with Gasteiger partial charge in [0.25, 0.3) is 15.9 Å². The quantitative estimate of drug-likeness (QED) is 0.452. The van der Waals surface area contributed by atoms with Gasteiger partial charge in [0.15, 0.2) is 0 Å². The van der Waals surface area contributed by atoms with Gasteiger partial charge < -0.3 is 4.74 Å². The largest absolute Gasteiger partial charge is 0.465 e. The monoisotopic (exact) mass is 303 g/mol. The molecule has 0 saturated heterocycles. The summed E-state index contributed by atoms with van der Waals surface area (Å²) in [5, 5.41) is 15.7. The van der Waals surface area contributed by atoms with Crippen LogP contribution in [-0.2, 0) is 19.7 Å². The highest BCUT2D eigenvalue weighted by Crippen LogP contribution is 2.22. The Bertz CT molecular complexity index is 615. The number of non-ortho nitro benzene ring substituents is 1. The Hall–Kier alpha value is -2.20. The highest BCUT2D eigenvalue weighted by molar-refractivity contribution is 7.90. The number of nitrogens with two attached hydrogens (primary N) is 1. The molecule has 0 unspecified atom stereocenters. The van der Waals surface area contributed by atoms with Crippen LogP contribution < -0.4 is 9.44 Å². The fourth-order valence-electron chi connectivity index (χ4n) is 1.41. The van der Waals surface area contributed by atoms with E-state index in [1.807, 2.05) is 0 Å². The molecule has 0 aliphatic heterocycles. The van der Waals surface area contributed by atoms with Gasteiger partial charge in [-0.15, -0.1) is 0 Å².